The molecular formula is C10H12ClNO. The Labute approximate surface area is 82.9 Å². The molecule has 0 amide bonds. The first-order chi connectivity index (χ1) is 6.36. The van der Waals surface area contributed by atoms with Crippen molar-refractivity contribution in [2.24, 2.45) is 0 Å². The van der Waals surface area contributed by atoms with Gasteiger partial charge in [0.05, 0.1) is 5.69 Å². The molecule has 1 aliphatic heterocycles. The highest BCUT2D eigenvalue weighted by Crippen LogP contribution is 2.29. The first-order valence-electron chi connectivity index (χ1n) is 4.53. The monoisotopic (exact) mass is 197 g/mol. The Balaban J connectivity index is 2.08. The summed E-state index contributed by atoms with van der Waals surface area (Å²) in [6.07, 6.45) is 3.71. The van der Waals surface area contributed by atoms with Crippen molar-refractivity contribution in [3.05, 3.63) is 30.1 Å². The standard InChI is InChI=1S/C10H12ClNO/c11-8-4-6-13-10(7-8)9-3-1-2-5-12-9/h1-3,5,8,10H,4,6-7H2. The van der Waals surface area contributed by atoms with Crippen molar-refractivity contribution in [3.63, 3.8) is 0 Å². The zero-order valence-corrected chi connectivity index (χ0v) is 8.07. The summed E-state index contributed by atoms with van der Waals surface area (Å²) in [6.45, 7) is 0.745. The van der Waals surface area contributed by atoms with E-state index in [1.54, 1.807) is 6.20 Å². The molecule has 2 rings (SSSR count). The van der Waals surface area contributed by atoms with Crippen LogP contribution in [0.3, 0.4) is 0 Å². The summed E-state index contributed by atoms with van der Waals surface area (Å²) in [5, 5.41) is 0.237. The molecule has 0 spiro atoms. The van der Waals surface area contributed by atoms with E-state index in [1.807, 2.05) is 18.2 Å². The Morgan fingerprint density at radius 2 is 2.38 bits per heavy atom. The van der Waals surface area contributed by atoms with Crippen LogP contribution in [0.5, 0.6) is 0 Å². The Bertz CT molecular complexity index is 265. The molecule has 1 fully saturated rings. The molecule has 2 nitrogen and oxygen atoms in total. The van der Waals surface area contributed by atoms with Crippen molar-refractivity contribution in [1.82, 2.24) is 4.98 Å². The molecule has 1 saturated heterocycles. The predicted octanol–water partition coefficient (Wildman–Crippen LogP) is 2.54. The van der Waals surface area contributed by atoms with Crippen LogP contribution in [-0.2, 0) is 4.74 Å². The van der Waals surface area contributed by atoms with Gasteiger partial charge >= 0.3 is 0 Å². The third-order valence-corrected chi connectivity index (χ3v) is 2.63. The van der Waals surface area contributed by atoms with Gasteiger partial charge in [0, 0.05) is 18.2 Å². The minimum Gasteiger partial charge on any atom is -0.372 e. The average molecular weight is 198 g/mol. The van der Waals surface area contributed by atoms with E-state index in [-0.39, 0.29) is 11.5 Å². The van der Waals surface area contributed by atoms with Gasteiger partial charge in [-0.1, -0.05) is 6.07 Å². The fourth-order valence-corrected chi connectivity index (χ4v) is 1.78. The summed E-state index contributed by atoms with van der Waals surface area (Å²) < 4.78 is 5.59. The topological polar surface area (TPSA) is 22.1 Å². The van der Waals surface area contributed by atoms with Gasteiger partial charge in [0.25, 0.3) is 0 Å². The van der Waals surface area contributed by atoms with E-state index in [0.29, 0.717) is 0 Å². The maximum absolute atomic E-state index is 6.05. The second-order valence-electron chi connectivity index (χ2n) is 3.24. The van der Waals surface area contributed by atoms with E-state index < -0.39 is 0 Å². The van der Waals surface area contributed by atoms with Crippen LogP contribution < -0.4 is 0 Å². The quantitative estimate of drug-likeness (QED) is 0.646. The number of pyridine rings is 1. The lowest BCUT2D eigenvalue weighted by molar-refractivity contribution is 0.0142. The largest absolute Gasteiger partial charge is 0.372 e. The van der Waals surface area contributed by atoms with Crippen molar-refractivity contribution in [2.75, 3.05) is 6.61 Å². The molecule has 2 unspecified atom stereocenters. The highest BCUT2D eigenvalue weighted by Gasteiger charge is 2.22. The summed E-state index contributed by atoms with van der Waals surface area (Å²) in [5.74, 6) is 0. The molecule has 1 aromatic heterocycles. The van der Waals surface area contributed by atoms with Gasteiger partial charge in [-0.25, -0.2) is 0 Å². The average Bonchev–Trinajstić information content (AvgIpc) is 2.19. The number of hydrogen-bond donors (Lipinski definition) is 0. The summed E-state index contributed by atoms with van der Waals surface area (Å²) in [5.41, 5.74) is 0.993. The first-order valence-corrected chi connectivity index (χ1v) is 4.96. The SMILES string of the molecule is ClC1CCOC(c2ccccn2)C1. The van der Waals surface area contributed by atoms with Crippen molar-refractivity contribution in [1.29, 1.82) is 0 Å². The van der Waals surface area contributed by atoms with Crippen LogP contribution in [0.1, 0.15) is 24.6 Å². The lowest BCUT2D eigenvalue weighted by Gasteiger charge is -2.25. The molecule has 13 heavy (non-hydrogen) atoms. The minimum absolute atomic E-state index is 0.0949. The lowest BCUT2D eigenvalue weighted by Crippen LogP contribution is -2.20. The van der Waals surface area contributed by atoms with Crippen LogP contribution in [0.25, 0.3) is 0 Å². The fraction of sp³-hybridized carbons (Fsp3) is 0.500. The highest BCUT2D eigenvalue weighted by atomic mass is 35.5. The van der Waals surface area contributed by atoms with Crippen LogP contribution in [0.15, 0.2) is 24.4 Å². The molecule has 1 aliphatic rings. The molecule has 0 saturated carbocycles. The maximum Gasteiger partial charge on any atom is 0.101 e. The van der Waals surface area contributed by atoms with E-state index in [4.69, 9.17) is 16.3 Å². The van der Waals surface area contributed by atoms with Crippen LogP contribution >= 0.6 is 11.6 Å². The number of hydrogen-bond acceptors (Lipinski definition) is 2. The normalized spacial score (nSPS) is 28.7. The summed E-state index contributed by atoms with van der Waals surface area (Å²) in [7, 11) is 0. The third-order valence-electron chi connectivity index (χ3n) is 2.24. The molecular weight excluding hydrogens is 186 g/mol. The molecule has 0 radical (unpaired) electrons. The zero-order chi connectivity index (χ0) is 9.10. The van der Waals surface area contributed by atoms with Crippen molar-refractivity contribution < 1.29 is 4.74 Å². The Morgan fingerprint density at radius 3 is 3.08 bits per heavy atom. The molecule has 0 bridgehead atoms. The molecule has 0 aliphatic carbocycles. The van der Waals surface area contributed by atoms with E-state index in [2.05, 4.69) is 4.98 Å². The van der Waals surface area contributed by atoms with E-state index in [0.717, 1.165) is 25.1 Å². The molecule has 70 valence electrons. The van der Waals surface area contributed by atoms with E-state index in [9.17, 15) is 0 Å². The Kier molecular flexibility index (Phi) is 2.81. The molecule has 2 heterocycles. The highest BCUT2D eigenvalue weighted by molar-refractivity contribution is 6.20. The van der Waals surface area contributed by atoms with Gasteiger partial charge in [0.1, 0.15) is 6.10 Å². The molecule has 0 aromatic carbocycles. The number of rotatable bonds is 1. The number of ether oxygens (including phenoxy) is 1. The van der Waals surface area contributed by atoms with E-state index in [1.165, 1.54) is 0 Å². The lowest BCUT2D eigenvalue weighted by atomic mass is 10.1. The summed E-state index contributed by atoms with van der Waals surface area (Å²) >= 11 is 6.05. The van der Waals surface area contributed by atoms with Gasteiger partial charge in [-0.15, -0.1) is 11.6 Å². The fourth-order valence-electron chi connectivity index (χ4n) is 1.53. The molecule has 3 heteroatoms. The van der Waals surface area contributed by atoms with Gasteiger partial charge in [0.2, 0.25) is 0 Å². The second kappa shape index (κ2) is 4.07. The van der Waals surface area contributed by atoms with E-state index >= 15 is 0 Å². The number of aromatic nitrogens is 1. The number of alkyl halides is 1. The van der Waals surface area contributed by atoms with Gasteiger partial charge in [-0.2, -0.15) is 0 Å². The van der Waals surface area contributed by atoms with Crippen LogP contribution in [0.4, 0.5) is 0 Å². The zero-order valence-electron chi connectivity index (χ0n) is 7.32. The van der Waals surface area contributed by atoms with Gasteiger partial charge < -0.3 is 4.74 Å². The molecule has 1 aromatic rings. The van der Waals surface area contributed by atoms with Crippen LogP contribution in [0, 0.1) is 0 Å². The Hall–Kier alpha value is -0.600. The first kappa shape index (κ1) is 8.97. The van der Waals surface area contributed by atoms with Gasteiger partial charge in [-0.3, -0.25) is 4.98 Å². The summed E-state index contributed by atoms with van der Waals surface area (Å²) in [4.78, 5) is 4.25. The molecule has 2 atom stereocenters. The van der Waals surface area contributed by atoms with Crippen LogP contribution in [-0.4, -0.2) is 17.0 Å². The van der Waals surface area contributed by atoms with Crippen molar-refractivity contribution >= 4 is 11.6 Å². The maximum atomic E-state index is 6.05. The van der Waals surface area contributed by atoms with Gasteiger partial charge in [0.15, 0.2) is 0 Å². The Morgan fingerprint density at radius 1 is 1.46 bits per heavy atom. The predicted molar refractivity (Wildman–Crippen MR) is 51.8 cm³/mol. The van der Waals surface area contributed by atoms with Crippen LogP contribution in [0.2, 0.25) is 0 Å². The second-order valence-corrected chi connectivity index (χ2v) is 3.85. The minimum atomic E-state index is 0.0949. The third kappa shape index (κ3) is 2.20. The smallest absolute Gasteiger partial charge is 0.101 e. The molecule has 0 N–H and O–H groups in total. The number of nitrogens with zero attached hydrogens (tertiary/aromatic N) is 1. The number of halogens is 1. The van der Waals surface area contributed by atoms with Crippen molar-refractivity contribution in [3.8, 4) is 0 Å². The summed E-state index contributed by atoms with van der Waals surface area (Å²) in [6, 6.07) is 5.87. The van der Waals surface area contributed by atoms with Crippen molar-refractivity contribution in [2.45, 2.75) is 24.3 Å². The van der Waals surface area contributed by atoms with Gasteiger partial charge in [-0.05, 0) is 25.0 Å².